The van der Waals surface area contributed by atoms with E-state index in [1.807, 2.05) is 39.0 Å². The third-order valence-corrected chi connectivity index (χ3v) is 2.65. The molecule has 1 aromatic heterocycles. The van der Waals surface area contributed by atoms with Gasteiger partial charge in [0.1, 0.15) is 11.3 Å². The maximum Gasteiger partial charge on any atom is 0.492 e. The highest BCUT2D eigenvalue weighted by molar-refractivity contribution is 6.61. The Balaban J connectivity index is 0.000000861. The normalized spacial score (nSPS) is 10.4. The molecular weight excluding hydrogens is 239 g/mol. The molecule has 0 saturated heterocycles. The molecule has 0 fully saturated rings. The minimum atomic E-state index is -1.53. The van der Waals surface area contributed by atoms with Crippen molar-refractivity contribution < 1.29 is 14.5 Å². The van der Waals surface area contributed by atoms with Crippen molar-refractivity contribution in [2.75, 3.05) is 0 Å². The van der Waals surface area contributed by atoms with Crippen LogP contribution in [0.4, 0.5) is 0 Å². The predicted molar refractivity (Wildman–Crippen MR) is 81.4 cm³/mol. The highest BCUT2D eigenvalue weighted by atomic mass is 16.4. The Hall–Kier alpha value is -1.78. The monoisotopic (exact) mass is 258 g/mol. The molecule has 3 nitrogen and oxygen atoms in total. The topological polar surface area (TPSA) is 53.6 Å². The number of allylic oxidation sites excluding steroid dienone is 2. The SMILES string of the molecule is C=C/C=C\c1c(C)oc2c(B(O)O)cccc12.CC. The summed E-state index contributed by atoms with van der Waals surface area (Å²) in [5.41, 5.74) is 1.83. The predicted octanol–water partition coefficient (Wildman–Crippen LogP) is 2.65. The van der Waals surface area contributed by atoms with Gasteiger partial charge in [-0.05, 0) is 6.92 Å². The first-order chi connectivity index (χ1) is 9.15. The van der Waals surface area contributed by atoms with Gasteiger partial charge in [-0.2, -0.15) is 0 Å². The highest BCUT2D eigenvalue weighted by Gasteiger charge is 2.19. The van der Waals surface area contributed by atoms with E-state index in [1.165, 1.54) is 0 Å². The van der Waals surface area contributed by atoms with Crippen LogP contribution >= 0.6 is 0 Å². The van der Waals surface area contributed by atoms with E-state index in [1.54, 1.807) is 18.2 Å². The summed E-state index contributed by atoms with van der Waals surface area (Å²) in [5.74, 6) is 0.742. The number of hydrogen-bond donors (Lipinski definition) is 2. The second-order valence-electron chi connectivity index (χ2n) is 3.76. The number of benzene rings is 1. The molecule has 0 spiro atoms. The van der Waals surface area contributed by atoms with Crippen LogP contribution in [-0.2, 0) is 0 Å². The zero-order chi connectivity index (χ0) is 14.4. The van der Waals surface area contributed by atoms with Crippen molar-refractivity contribution in [3.63, 3.8) is 0 Å². The van der Waals surface area contributed by atoms with Crippen molar-refractivity contribution in [1.29, 1.82) is 0 Å². The van der Waals surface area contributed by atoms with E-state index in [2.05, 4.69) is 6.58 Å². The van der Waals surface area contributed by atoms with Crippen molar-refractivity contribution in [3.05, 3.63) is 48.3 Å². The second-order valence-corrected chi connectivity index (χ2v) is 3.76. The standard InChI is InChI=1S/C13H13BO3.C2H6/c1-3-4-6-10-9(2)17-13-11(10)7-5-8-12(13)14(15)16;1-2/h3-8,15-16H,1H2,2H3;1-2H3/b6-4-;. The maximum absolute atomic E-state index is 9.26. The van der Waals surface area contributed by atoms with Crippen LogP contribution in [0.15, 0.2) is 41.3 Å². The average Bonchev–Trinajstić information content (AvgIpc) is 2.74. The molecule has 1 heterocycles. The van der Waals surface area contributed by atoms with Crippen molar-refractivity contribution >= 4 is 29.6 Å². The molecule has 0 amide bonds. The number of para-hydroxylation sites is 1. The number of rotatable bonds is 3. The van der Waals surface area contributed by atoms with Gasteiger partial charge in [-0.15, -0.1) is 0 Å². The molecule has 0 aliphatic heterocycles. The summed E-state index contributed by atoms with van der Waals surface area (Å²) in [6, 6.07) is 5.30. The van der Waals surface area contributed by atoms with Crippen LogP contribution in [0.5, 0.6) is 0 Å². The van der Waals surface area contributed by atoms with Gasteiger partial charge in [0.15, 0.2) is 0 Å². The van der Waals surface area contributed by atoms with Crippen molar-refractivity contribution in [3.8, 4) is 0 Å². The van der Waals surface area contributed by atoms with E-state index in [9.17, 15) is 10.0 Å². The molecule has 0 bridgehead atoms. The Bertz CT molecular complexity index is 582. The molecule has 2 N–H and O–H groups in total. The summed E-state index contributed by atoms with van der Waals surface area (Å²) in [5, 5.41) is 19.4. The molecule has 2 aromatic rings. The largest absolute Gasteiger partial charge is 0.492 e. The maximum atomic E-state index is 9.26. The third kappa shape index (κ3) is 3.16. The van der Waals surface area contributed by atoms with Crippen molar-refractivity contribution in [1.82, 2.24) is 0 Å². The molecule has 0 radical (unpaired) electrons. The Labute approximate surface area is 114 Å². The lowest BCUT2D eigenvalue weighted by molar-refractivity contribution is 0.425. The van der Waals surface area contributed by atoms with Gasteiger partial charge in [0.2, 0.25) is 0 Å². The van der Waals surface area contributed by atoms with Gasteiger partial charge in [-0.25, -0.2) is 0 Å². The molecule has 0 atom stereocenters. The number of aryl methyl sites for hydroxylation is 1. The summed E-state index contributed by atoms with van der Waals surface area (Å²) < 4.78 is 5.58. The fourth-order valence-corrected chi connectivity index (χ4v) is 1.85. The van der Waals surface area contributed by atoms with Crippen LogP contribution in [0.3, 0.4) is 0 Å². The van der Waals surface area contributed by atoms with E-state index in [4.69, 9.17) is 4.42 Å². The van der Waals surface area contributed by atoms with Crippen molar-refractivity contribution in [2.45, 2.75) is 20.8 Å². The summed E-state index contributed by atoms with van der Waals surface area (Å²) in [6.07, 6.45) is 5.39. The molecule has 100 valence electrons. The fourth-order valence-electron chi connectivity index (χ4n) is 1.85. The van der Waals surface area contributed by atoms with E-state index < -0.39 is 7.12 Å². The van der Waals surface area contributed by atoms with Gasteiger partial charge >= 0.3 is 7.12 Å². The Morgan fingerprint density at radius 1 is 1.26 bits per heavy atom. The molecule has 0 unspecified atom stereocenters. The number of furan rings is 1. The van der Waals surface area contributed by atoms with Gasteiger partial charge in [0, 0.05) is 16.4 Å². The highest BCUT2D eigenvalue weighted by Crippen LogP contribution is 2.25. The molecule has 0 saturated carbocycles. The summed E-state index contributed by atoms with van der Waals surface area (Å²) in [7, 11) is -1.53. The van der Waals surface area contributed by atoms with E-state index in [-0.39, 0.29) is 0 Å². The lowest BCUT2D eigenvalue weighted by atomic mass is 9.79. The summed E-state index contributed by atoms with van der Waals surface area (Å²) in [4.78, 5) is 0. The van der Waals surface area contributed by atoms with Crippen molar-refractivity contribution in [2.24, 2.45) is 0 Å². The molecule has 0 aliphatic carbocycles. The van der Waals surface area contributed by atoms with Gasteiger partial charge in [-0.1, -0.05) is 56.9 Å². The lowest BCUT2D eigenvalue weighted by Gasteiger charge is -1.99. The number of hydrogen-bond acceptors (Lipinski definition) is 3. The minimum absolute atomic E-state index is 0.379. The first-order valence-corrected chi connectivity index (χ1v) is 6.32. The molecule has 1 aromatic carbocycles. The Morgan fingerprint density at radius 3 is 2.53 bits per heavy atom. The molecule has 19 heavy (non-hydrogen) atoms. The number of fused-ring (bicyclic) bond motifs is 1. The van der Waals surface area contributed by atoms with Crippen LogP contribution in [0.2, 0.25) is 0 Å². The van der Waals surface area contributed by atoms with Crippen LogP contribution in [0.25, 0.3) is 17.0 Å². The van der Waals surface area contributed by atoms with E-state index >= 15 is 0 Å². The summed E-state index contributed by atoms with van der Waals surface area (Å²) in [6.45, 7) is 9.46. The van der Waals surface area contributed by atoms with Crippen LogP contribution in [-0.4, -0.2) is 17.2 Å². The third-order valence-electron chi connectivity index (χ3n) is 2.65. The smallest absolute Gasteiger partial charge is 0.461 e. The molecule has 0 aliphatic rings. The quantitative estimate of drug-likeness (QED) is 0.657. The van der Waals surface area contributed by atoms with E-state index in [0.29, 0.717) is 11.0 Å². The van der Waals surface area contributed by atoms with Crippen LogP contribution < -0.4 is 5.46 Å². The van der Waals surface area contributed by atoms with Crippen LogP contribution in [0.1, 0.15) is 25.2 Å². The zero-order valence-electron chi connectivity index (χ0n) is 11.6. The van der Waals surface area contributed by atoms with Crippen LogP contribution in [0, 0.1) is 6.92 Å². The molecule has 2 rings (SSSR count). The molecule has 4 heteroatoms. The first-order valence-electron chi connectivity index (χ1n) is 6.32. The Kier molecular flexibility index (Phi) is 5.61. The summed E-state index contributed by atoms with van der Waals surface area (Å²) >= 11 is 0. The first kappa shape index (κ1) is 15.3. The van der Waals surface area contributed by atoms with E-state index in [0.717, 1.165) is 16.7 Å². The zero-order valence-corrected chi connectivity index (χ0v) is 11.6. The van der Waals surface area contributed by atoms with Gasteiger partial charge in [0.25, 0.3) is 0 Å². The second kappa shape index (κ2) is 6.97. The van der Waals surface area contributed by atoms with Gasteiger partial charge in [0.05, 0.1) is 0 Å². The van der Waals surface area contributed by atoms with Gasteiger partial charge < -0.3 is 14.5 Å². The minimum Gasteiger partial charge on any atom is -0.461 e. The fraction of sp³-hybridized carbons (Fsp3) is 0.200. The Morgan fingerprint density at radius 2 is 1.95 bits per heavy atom. The van der Waals surface area contributed by atoms with Gasteiger partial charge in [-0.3, -0.25) is 0 Å². The molecular formula is C15H19BO3. The average molecular weight is 258 g/mol. The lowest BCUT2D eigenvalue weighted by Crippen LogP contribution is -2.29.